The molecule has 1 aromatic rings. The number of aryl methyl sites for hydroxylation is 1. The molecule has 1 aromatic carbocycles. The number of hydrogen-bond donors (Lipinski definition) is 2. The second-order valence-corrected chi connectivity index (χ2v) is 6.23. The molecule has 0 spiro atoms. The van der Waals surface area contributed by atoms with Gasteiger partial charge >= 0.3 is 6.03 Å². The topological polar surface area (TPSA) is 58.4 Å². The van der Waals surface area contributed by atoms with Gasteiger partial charge in [0, 0.05) is 19.1 Å². The van der Waals surface area contributed by atoms with Gasteiger partial charge < -0.3 is 16.0 Å². The second-order valence-electron chi connectivity index (χ2n) is 6.23. The number of piperidine rings is 1. The highest BCUT2D eigenvalue weighted by atomic mass is 16.2. The van der Waals surface area contributed by atoms with E-state index >= 15 is 0 Å². The maximum atomic E-state index is 12.4. The minimum atomic E-state index is -0.133. The van der Waals surface area contributed by atoms with Crippen molar-refractivity contribution >= 4 is 6.03 Å². The predicted octanol–water partition coefficient (Wildman–Crippen LogP) is 2.12. The van der Waals surface area contributed by atoms with Crippen molar-refractivity contribution in [2.75, 3.05) is 13.1 Å². The second kappa shape index (κ2) is 5.09. The van der Waals surface area contributed by atoms with Crippen molar-refractivity contribution in [1.29, 1.82) is 0 Å². The Hall–Kier alpha value is -1.55. The van der Waals surface area contributed by atoms with E-state index in [0.717, 1.165) is 32.2 Å². The van der Waals surface area contributed by atoms with E-state index in [9.17, 15) is 4.79 Å². The van der Waals surface area contributed by atoms with E-state index in [1.165, 1.54) is 11.1 Å². The van der Waals surface area contributed by atoms with Crippen LogP contribution in [0.3, 0.4) is 0 Å². The molecule has 1 atom stereocenters. The highest BCUT2D eigenvalue weighted by Crippen LogP contribution is 2.45. The molecule has 0 radical (unpaired) electrons. The highest BCUT2D eigenvalue weighted by Gasteiger charge is 2.46. The maximum absolute atomic E-state index is 12.4. The number of nitrogens with two attached hydrogens (primary N) is 1. The number of likely N-dealkylation sites (tertiary alicyclic amines) is 1. The number of rotatable bonds is 2. The lowest BCUT2D eigenvalue weighted by atomic mass is 10.0. The summed E-state index contributed by atoms with van der Waals surface area (Å²) in [5.74, 6) is 0. The van der Waals surface area contributed by atoms with E-state index in [1.807, 2.05) is 4.90 Å². The van der Waals surface area contributed by atoms with Gasteiger partial charge in [0.15, 0.2) is 0 Å². The van der Waals surface area contributed by atoms with Gasteiger partial charge in [0.05, 0.1) is 5.54 Å². The van der Waals surface area contributed by atoms with E-state index in [-0.39, 0.29) is 17.6 Å². The lowest BCUT2D eigenvalue weighted by Crippen LogP contribution is -2.51. The molecular weight excluding hydrogens is 250 g/mol. The summed E-state index contributed by atoms with van der Waals surface area (Å²) in [6, 6.07) is 8.65. The number of urea groups is 1. The van der Waals surface area contributed by atoms with Crippen LogP contribution in [-0.4, -0.2) is 30.1 Å². The average Bonchev–Trinajstić information content (AvgIpc) is 3.20. The summed E-state index contributed by atoms with van der Waals surface area (Å²) in [7, 11) is 0. The molecule has 4 heteroatoms. The first-order valence-electron chi connectivity index (χ1n) is 7.49. The smallest absolute Gasteiger partial charge is 0.318 e. The molecule has 1 heterocycles. The molecule has 0 unspecified atom stereocenters. The molecule has 108 valence electrons. The van der Waals surface area contributed by atoms with Gasteiger partial charge in [0.1, 0.15) is 0 Å². The summed E-state index contributed by atoms with van der Waals surface area (Å²) in [6.45, 7) is 3.58. The Kier molecular flexibility index (Phi) is 3.42. The molecule has 4 nitrogen and oxygen atoms in total. The first kappa shape index (κ1) is 13.4. The van der Waals surface area contributed by atoms with Crippen molar-refractivity contribution in [1.82, 2.24) is 10.2 Å². The Morgan fingerprint density at radius 2 is 2.05 bits per heavy atom. The summed E-state index contributed by atoms with van der Waals surface area (Å²) >= 11 is 0. The molecule has 2 amide bonds. The number of hydrogen-bond acceptors (Lipinski definition) is 2. The summed E-state index contributed by atoms with van der Waals surface area (Å²) in [4.78, 5) is 14.3. The Labute approximate surface area is 120 Å². The number of amides is 2. The molecule has 1 saturated carbocycles. The standard InChI is InChI=1S/C16H23N3O/c1-12-4-6-13(7-5-12)16(8-9-16)18-15(20)19-10-2-3-14(17)11-19/h4-7,14H,2-3,8-11,17H2,1H3,(H,18,20)/t14-/m0/s1. The van der Waals surface area contributed by atoms with Crippen LogP contribution in [0, 0.1) is 6.92 Å². The fraction of sp³-hybridized carbons (Fsp3) is 0.562. The third-order valence-corrected chi connectivity index (χ3v) is 4.45. The van der Waals surface area contributed by atoms with Crippen LogP contribution in [-0.2, 0) is 5.54 Å². The van der Waals surface area contributed by atoms with Crippen LogP contribution in [0.15, 0.2) is 24.3 Å². The fourth-order valence-electron chi connectivity index (χ4n) is 2.96. The van der Waals surface area contributed by atoms with Crippen LogP contribution in [0.2, 0.25) is 0 Å². The van der Waals surface area contributed by atoms with Gasteiger partial charge in [-0.1, -0.05) is 29.8 Å². The van der Waals surface area contributed by atoms with Gasteiger partial charge in [-0.2, -0.15) is 0 Å². The van der Waals surface area contributed by atoms with Crippen LogP contribution in [0.25, 0.3) is 0 Å². The minimum Gasteiger partial charge on any atom is -0.328 e. The molecule has 20 heavy (non-hydrogen) atoms. The zero-order valence-electron chi connectivity index (χ0n) is 12.1. The maximum Gasteiger partial charge on any atom is 0.318 e. The molecule has 3 rings (SSSR count). The number of nitrogens with zero attached hydrogens (tertiary/aromatic N) is 1. The minimum absolute atomic E-state index is 0.0400. The molecule has 2 aliphatic rings. The third-order valence-electron chi connectivity index (χ3n) is 4.45. The van der Waals surface area contributed by atoms with Crippen molar-refractivity contribution in [3.8, 4) is 0 Å². The molecule has 0 aromatic heterocycles. The van der Waals surface area contributed by atoms with Gasteiger partial charge in [-0.3, -0.25) is 0 Å². The van der Waals surface area contributed by atoms with E-state index in [0.29, 0.717) is 6.54 Å². The molecule has 2 fully saturated rings. The van der Waals surface area contributed by atoms with Gasteiger partial charge in [-0.05, 0) is 38.2 Å². The highest BCUT2D eigenvalue weighted by molar-refractivity contribution is 5.76. The quantitative estimate of drug-likeness (QED) is 0.867. The van der Waals surface area contributed by atoms with E-state index in [2.05, 4.69) is 36.5 Å². The summed E-state index contributed by atoms with van der Waals surface area (Å²) in [5.41, 5.74) is 8.28. The van der Waals surface area contributed by atoms with Crippen LogP contribution >= 0.6 is 0 Å². The molecule has 1 aliphatic heterocycles. The molecule has 0 bridgehead atoms. The van der Waals surface area contributed by atoms with Crippen molar-refractivity contribution in [3.63, 3.8) is 0 Å². The van der Waals surface area contributed by atoms with E-state index in [4.69, 9.17) is 5.73 Å². The summed E-state index contributed by atoms with van der Waals surface area (Å²) in [6.07, 6.45) is 4.09. The Balaban J connectivity index is 1.67. The number of carbonyl (C=O) groups is 1. The molecule has 1 aliphatic carbocycles. The summed E-state index contributed by atoms with van der Waals surface area (Å²) in [5, 5.41) is 3.22. The number of benzene rings is 1. The monoisotopic (exact) mass is 273 g/mol. The Bertz CT molecular complexity index is 493. The van der Waals surface area contributed by atoms with Gasteiger partial charge in [-0.25, -0.2) is 4.79 Å². The van der Waals surface area contributed by atoms with Gasteiger partial charge in [0.25, 0.3) is 0 Å². The first-order chi connectivity index (χ1) is 9.59. The van der Waals surface area contributed by atoms with E-state index < -0.39 is 0 Å². The average molecular weight is 273 g/mol. The fourth-order valence-corrected chi connectivity index (χ4v) is 2.96. The molecular formula is C16H23N3O. The Morgan fingerprint density at radius 1 is 1.35 bits per heavy atom. The van der Waals surface area contributed by atoms with Crippen LogP contribution in [0.4, 0.5) is 4.79 Å². The van der Waals surface area contributed by atoms with E-state index in [1.54, 1.807) is 0 Å². The van der Waals surface area contributed by atoms with Gasteiger partial charge in [0.2, 0.25) is 0 Å². The number of carbonyl (C=O) groups excluding carboxylic acids is 1. The van der Waals surface area contributed by atoms with Crippen LogP contribution in [0.5, 0.6) is 0 Å². The van der Waals surface area contributed by atoms with Crippen molar-refractivity contribution in [2.24, 2.45) is 5.73 Å². The SMILES string of the molecule is Cc1ccc(C2(NC(=O)N3CCC[C@H](N)C3)CC2)cc1. The van der Waals surface area contributed by atoms with Crippen molar-refractivity contribution < 1.29 is 4.79 Å². The van der Waals surface area contributed by atoms with Crippen LogP contribution in [0.1, 0.15) is 36.8 Å². The van der Waals surface area contributed by atoms with Crippen LogP contribution < -0.4 is 11.1 Å². The first-order valence-corrected chi connectivity index (χ1v) is 7.49. The van der Waals surface area contributed by atoms with Crippen molar-refractivity contribution in [3.05, 3.63) is 35.4 Å². The summed E-state index contributed by atoms with van der Waals surface area (Å²) < 4.78 is 0. The molecule has 1 saturated heterocycles. The lowest BCUT2D eigenvalue weighted by Gasteiger charge is -2.32. The largest absolute Gasteiger partial charge is 0.328 e. The lowest BCUT2D eigenvalue weighted by molar-refractivity contribution is 0.175. The normalized spacial score (nSPS) is 24.3. The zero-order valence-corrected chi connectivity index (χ0v) is 12.1. The van der Waals surface area contributed by atoms with Crippen molar-refractivity contribution in [2.45, 2.75) is 44.2 Å². The third kappa shape index (κ3) is 2.66. The Morgan fingerprint density at radius 3 is 2.65 bits per heavy atom. The number of nitrogens with one attached hydrogen (secondary N) is 1. The van der Waals surface area contributed by atoms with Gasteiger partial charge in [-0.15, -0.1) is 0 Å². The molecule has 3 N–H and O–H groups in total. The predicted molar refractivity (Wildman–Crippen MR) is 79.4 cm³/mol. The zero-order chi connectivity index (χ0) is 14.2.